The summed E-state index contributed by atoms with van der Waals surface area (Å²) in [4.78, 5) is 12.7. The van der Waals surface area contributed by atoms with E-state index in [4.69, 9.17) is 5.73 Å². The van der Waals surface area contributed by atoms with Crippen LogP contribution in [0.1, 0.15) is 18.2 Å². The first kappa shape index (κ1) is 12.9. The van der Waals surface area contributed by atoms with Crippen LogP contribution >= 0.6 is 0 Å². The highest BCUT2D eigenvalue weighted by atomic mass is 15.3. The van der Waals surface area contributed by atoms with Gasteiger partial charge in [-0.1, -0.05) is 12.7 Å². The second kappa shape index (κ2) is 5.43. The largest absolute Gasteiger partial charge is 0.383 e. The van der Waals surface area contributed by atoms with E-state index in [2.05, 4.69) is 26.6 Å². The van der Waals surface area contributed by atoms with Gasteiger partial charge in [-0.3, -0.25) is 4.99 Å². The lowest BCUT2D eigenvalue weighted by atomic mass is 10.1. The molecule has 6 nitrogen and oxygen atoms in total. The fourth-order valence-electron chi connectivity index (χ4n) is 1.86. The van der Waals surface area contributed by atoms with E-state index in [0.717, 1.165) is 17.0 Å². The van der Waals surface area contributed by atoms with Crippen molar-refractivity contribution >= 4 is 17.8 Å². The summed E-state index contributed by atoms with van der Waals surface area (Å²) in [6.07, 6.45) is 7.31. The van der Waals surface area contributed by atoms with Gasteiger partial charge in [0.05, 0.1) is 0 Å². The summed E-state index contributed by atoms with van der Waals surface area (Å²) < 4.78 is 1.53. The van der Waals surface area contributed by atoms with E-state index in [0.29, 0.717) is 18.0 Å². The Bertz CT molecular complexity index is 665. The number of nitrogens with zero attached hydrogens (tertiary/aromatic N) is 5. The zero-order valence-electron chi connectivity index (χ0n) is 11.0. The molecule has 0 aliphatic carbocycles. The van der Waals surface area contributed by atoms with Crippen LogP contribution in [0.5, 0.6) is 0 Å². The van der Waals surface area contributed by atoms with E-state index in [1.165, 1.54) is 10.8 Å². The van der Waals surface area contributed by atoms with E-state index >= 15 is 0 Å². The monoisotopic (exact) mass is 256 g/mol. The standard InChI is InChI=1S/C13H16N6/c1-4-6-10(15-5-2)7-11-9(3)18-13-16-8-17-19(13)12(11)14/h4-6,8H,1,7,14H2,2-3H3/b10-6-,15-5-. The molecule has 0 aliphatic rings. The van der Waals surface area contributed by atoms with Crippen molar-refractivity contribution < 1.29 is 0 Å². The lowest BCUT2D eigenvalue weighted by Gasteiger charge is -2.10. The van der Waals surface area contributed by atoms with Crippen molar-refractivity contribution in [3.05, 3.63) is 42.0 Å². The van der Waals surface area contributed by atoms with Gasteiger partial charge in [-0.2, -0.15) is 14.6 Å². The van der Waals surface area contributed by atoms with E-state index in [1.54, 1.807) is 12.3 Å². The third-order valence-electron chi connectivity index (χ3n) is 2.73. The van der Waals surface area contributed by atoms with Crippen molar-refractivity contribution in [2.45, 2.75) is 20.3 Å². The van der Waals surface area contributed by atoms with Crippen LogP contribution in [0.4, 0.5) is 5.82 Å². The number of aryl methyl sites for hydroxylation is 1. The van der Waals surface area contributed by atoms with Crippen LogP contribution < -0.4 is 5.73 Å². The lowest BCUT2D eigenvalue weighted by molar-refractivity contribution is 0.909. The minimum absolute atomic E-state index is 0.506. The van der Waals surface area contributed by atoms with Gasteiger partial charge in [-0.25, -0.2) is 4.98 Å². The summed E-state index contributed by atoms with van der Waals surface area (Å²) in [5.74, 6) is 1.05. The Hall–Kier alpha value is -2.50. The van der Waals surface area contributed by atoms with Crippen molar-refractivity contribution in [2.75, 3.05) is 5.73 Å². The predicted octanol–water partition coefficient (Wildman–Crippen LogP) is 1.72. The average Bonchev–Trinajstić information content (AvgIpc) is 2.83. The molecule has 98 valence electrons. The zero-order valence-corrected chi connectivity index (χ0v) is 11.0. The maximum absolute atomic E-state index is 6.12. The number of nitrogens with two attached hydrogens (primary N) is 1. The van der Waals surface area contributed by atoms with Crippen LogP contribution in [0, 0.1) is 6.92 Å². The van der Waals surface area contributed by atoms with Crippen LogP contribution in [-0.2, 0) is 6.42 Å². The maximum atomic E-state index is 6.12. The molecule has 2 aromatic rings. The molecule has 0 saturated carbocycles. The summed E-state index contributed by atoms with van der Waals surface area (Å²) in [5.41, 5.74) is 8.72. The molecular weight excluding hydrogens is 240 g/mol. The molecule has 0 radical (unpaired) electrons. The highest BCUT2D eigenvalue weighted by molar-refractivity contribution is 5.57. The number of allylic oxidation sites excluding steroid dienone is 3. The Kier molecular flexibility index (Phi) is 3.70. The van der Waals surface area contributed by atoms with E-state index in [9.17, 15) is 0 Å². The summed E-state index contributed by atoms with van der Waals surface area (Å²) in [7, 11) is 0. The van der Waals surface area contributed by atoms with Gasteiger partial charge >= 0.3 is 0 Å². The second-order valence-electron chi connectivity index (χ2n) is 3.99. The Labute approximate surface area is 111 Å². The molecule has 2 N–H and O–H groups in total. The van der Waals surface area contributed by atoms with Gasteiger partial charge in [0.2, 0.25) is 0 Å². The minimum Gasteiger partial charge on any atom is -0.383 e. The highest BCUT2D eigenvalue weighted by Gasteiger charge is 2.12. The van der Waals surface area contributed by atoms with Crippen molar-refractivity contribution in [3.63, 3.8) is 0 Å². The van der Waals surface area contributed by atoms with E-state index in [-0.39, 0.29) is 0 Å². The van der Waals surface area contributed by atoms with Crippen LogP contribution in [-0.4, -0.2) is 25.8 Å². The van der Waals surface area contributed by atoms with Crippen LogP contribution in [0.15, 0.2) is 35.7 Å². The van der Waals surface area contributed by atoms with Crippen LogP contribution in [0.25, 0.3) is 5.78 Å². The first-order valence-electron chi connectivity index (χ1n) is 5.92. The Morgan fingerprint density at radius 1 is 1.58 bits per heavy atom. The molecule has 0 spiro atoms. The maximum Gasteiger partial charge on any atom is 0.254 e. The van der Waals surface area contributed by atoms with Crippen molar-refractivity contribution in [1.82, 2.24) is 19.6 Å². The Balaban J connectivity index is 2.49. The average molecular weight is 256 g/mol. The zero-order chi connectivity index (χ0) is 13.8. The fraction of sp³-hybridized carbons (Fsp3) is 0.231. The molecule has 2 rings (SSSR count). The quantitative estimate of drug-likeness (QED) is 0.667. The lowest BCUT2D eigenvalue weighted by Crippen LogP contribution is -2.09. The fourth-order valence-corrected chi connectivity index (χ4v) is 1.86. The number of rotatable bonds is 4. The number of aliphatic imine (C=N–C) groups is 1. The molecule has 0 fully saturated rings. The van der Waals surface area contributed by atoms with E-state index < -0.39 is 0 Å². The van der Waals surface area contributed by atoms with Gasteiger partial charge in [0.25, 0.3) is 5.78 Å². The van der Waals surface area contributed by atoms with Gasteiger partial charge in [-0.05, 0) is 19.9 Å². The van der Waals surface area contributed by atoms with Gasteiger partial charge in [0.1, 0.15) is 12.1 Å². The topological polar surface area (TPSA) is 81.5 Å². The third-order valence-corrected chi connectivity index (χ3v) is 2.73. The molecule has 0 unspecified atom stereocenters. The second-order valence-corrected chi connectivity index (χ2v) is 3.99. The number of fused-ring (bicyclic) bond motifs is 1. The number of anilines is 1. The summed E-state index contributed by atoms with van der Waals surface area (Å²) in [6, 6.07) is 0. The van der Waals surface area contributed by atoms with Gasteiger partial charge < -0.3 is 5.73 Å². The van der Waals surface area contributed by atoms with Crippen LogP contribution in [0.2, 0.25) is 0 Å². The summed E-state index contributed by atoms with van der Waals surface area (Å²) >= 11 is 0. The summed E-state index contributed by atoms with van der Waals surface area (Å²) in [5, 5.41) is 4.06. The highest BCUT2D eigenvalue weighted by Crippen LogP contribution is 2.20. The predicted molar refractivity (Wildman–Crippen MR) is 76.1 cm³/mol. The molecule has 6 heteroatoms. The van der Waals surface area contributed by atoms with Crippen molar-refractivity contribution in [1.29, 1.82) is 0 Å². The first-order valence-corrected chi connectivity index (χ1v) is 5.92. The molecule has 2 heterocycles. The van der Waals surface area contributed by atoms with Gasteiger partial charge in [-0.15, -0.1) is 0 Å². The van der Waals surface area contributed by atoms with Crippen LogP contribution in [0.3, 0.4) is 0 Å². The molecule has 0 aromatic carbocycles. The summed E-state index contributed by atoms with van der Waals surface area (Å²) in [6.45, 7) is 7.46. The number of aromatic nitrogens is 4. The number of hydrogen-bond acceptors (Lipinski definition) is 5. The molecule has 19 heavy (non-hydrogen) atoms. The van der Waals surface area contributed by atoms with Crippen molar-refractivity contribution in [3.8, 4) is 0 Å². The molecule has 0 amide bonds. The minimum atomic E-state index is 0.506. The first-order chi connectivity index (χ1) is 9.17. The molecular formula is C13H16N6. The van der Waals surface area contributed by atoms with Gasteiger partial charge in [0.15, 0.2) is 0 Å². The smallest absolute Gasteiger partial charge is 0.254 e. The molecule has 0 aliphatic heterocycles. The molecule has 2 aromatic heterocycles. The third kappa shape index (κ3) is 2.52. The normalized spacial score (nSPS) is 12.4. The number of nitrogen functional groups attached to an aromatic ring is 1. The van der Waals surface area contributed by atoms with Crippen molar-refractivity contribution in [2.24, 2.45) is 4.99 Å². The van der Waals surface area contributed by atoms with Gasteiger partial charge in [0, 0.05) is 29.6 Å². The Morgan fingerprint density at radius 2 is 2.37 bits per heavy atom. The SMILES string of the molecule is C=C/C=C(Cc1c(C)nc2ncnn2c1N)\N=C/C. The van der Waals surface area contributed by atoms with E-state index in [1.807, 2.05) is 19.9 Å². The Morgan fingerprint density at radius 3 is 3.05 bits per heavy atom. The molecule has 0 saturated heterocycles. The molecule has 0 atom stereocenters. The molecule has 0 bridgehead atoms. The number of hydrogen-bond donors (Lipinski definition) is 1.